The number of aliphatic hydroxyl groups excluding tert-OH is 1. The first-order chi connectivity index (χ1) is 8.62. The summed E-state index contributed by atoms with van der Waals surface area (Å²) < 4.78 is 2.08. The summed E-state index contributed by atoms with van der Waals surface area (Å²) in [6, 6.07) is 0. The Morgan fingerprint density at radius 1 is 1.39 bits per heavy atom. The van der Waals surface area contributed by atoms with Crippen LogP contribution in [0.5, 0.6) is 0 Å². The molecular weight excluding hydrogens is 246 g/mol. The number of fused-ring (bicyclic) bond motifs is 1. The Hall–Kier alpha value is -0.810. The van der Waals surface area contributed by atoms with Crippen LogP contribution < -0.4 is 0 Å². The van der Waals surface area contributed by atoms with Crippen molar-refractivity contribution in [1.82, 2.24) is 8.96 Å². The van der Waals surface area contributed by atoms with Crippen LogP contribution >= 0.6 is 11.1 Å². The van der Waals surface area contributed by atoms with Crippen LogP contribution in [-0.4, -0.2) is 24.5 Å². The normalized spacial score (nSPS) is 29.7. The van der Waals surface area contributed by atoms with E-state index in [1.807, 2.05) is 13.3 Å². The molecule has 0 bridgehead atoms. The van der Waals surface area contributed by atoms with Gasteiger partial charge in [-0.05, 0) is 19.8 Å². The zero-order valence-electron chi connectivity index (χ0n) is 11.0. The van der Waals surface area contributed by atoms with Crippen LogP contribution in [0.15, 0.2) is 17.5 Å². The number of aliphatic hydroxyl groups is 1. The first kappa shape index (κ1) is 12.2. The molecule has 2 unspecified atom stereocenters. The maximum absolute atomic E-state index is 10.9. The lowest BCUT2D eigenvalue weighted by Crippen LogP contribution is -2.36. The summed E-state index contributed by atoms with van der Waals surface area (Å²) in [6.07, 6.45) is 9.64. The molecule has 18 heavy (non-hydrogen) atoms. The van der Waals surface area contributed by atoms with Crippen molar-refractivity contribution in [2.24, 2.45) is 10.4 Å². The molecule has 2 atom stereocenters. The van der Waals surface area contributed by atoms with Gasteiger partial charge in [0.15, 0.2) is 5.82 Å². The molecule has 5 heteroatoms. The van der Waals surface area contributed by atoms with Crippen molar-refractivity contribution in [3.8, 4) is 0 Å². The second kappa shape index (κ2) is 4.38. The molecule has 1 aromatic rings. The van der Waals surface area contributed by atoms with Crippen LogP contribution in [0.3, 0.4) is 0 Å². The summed E-state index contributed by atoms with van der Waals surface area (Å²) in [5.74, 6) is 0.900. The number of hydrogen-bond acceptors (Lipinski definition) is 3. The maximum atomic E-state index is 10.9. The molecule has 1 aliphatic heterocycles. The number of aromatic nitrogens is 2. The highest BCUT2D eigenvalue weighted by Crippen LogP contribution is 2.53. The Bertz CT molecular complexity index is 476. The summed E-state index contributed by atoms with van der Waals surface area (Å²) in [4.78, 5) is 8.67. The minimum Gasteiger partial charge on any atom is -0.382 e. The van der Waals surface area contributed by atoms with Gasteiger partial charge in [-0.15, -0.1) is 11.1 Å². The lowest BCUT2D eigenvalue weighted by Gasteiger charge is -2.42. The highest BCUT2D eigenvalue weighted by molar-refractivity contribution is 8.29. The first-order valence-electron chi connectivity index (χ1n) is 6.67. The van der Waals surface area contributed by atoms with Crippen molar-refractivity contribution in [2.75, 3.05) is 0 Å². The molecule has 4 nitrogen and oxygen atoms in total. The molecule has 0 saturated heterocycles. The fourth-order valence-corrected chi connectivity index (χ4v) is 5.55. The van der Waals surface area contributed by atoms with Crippen LogP contribution in [-0.2, 0) is 0 Å². The van der Waals surface area contributed by atoms with E-state index in [0.29, 0.717) is 0 Å². The van der Waals surface area contributed by atoms with Crippen LogP contribution in [0, 0.1) is 5.41 Å². The van der Waals surface area contributed by atoms with E-state index < -0.39 is 11.1 Å². The summed E-state index contributed by atoms with van der Waals surface area (Å²) in [6.45, 7) is 4.27. The van der Waals surface area contributed by atoms with Gasteiger partial charge in [0.25, 0.3) is 0 Å². The van der Waals surface area contributed by atoms with Gasteiger partial charge < -0.3 is 5.11 Å². The zero-order chi connectivity index (χ0) is 12.8. The fourth-order valence-electron chi connectivity index (χ4n) is 3.11. The smallest absolute Gasteiger partial charge is 0.162 e. The number of thiol groups is 1. The number of imidazole rings is 1. The Kier molecular flexibility index (Phi) is 2.98. The van der Waals surface area contributed by atoms with Gasteiger partial charge in [0.2, 0.25) is 0 Å². The second-order valence-electron chi connectivity index (χ2n) is 5.69. The van der Waals surface area contributed by atoms with Gasteiger partial charge >= 0.3 is 0 Å². The van der Waals surface area contributed by atoms with Gasteiger partial charge in [0.1, 0.15) is 11.8 Å². The molecule has 2 aliphatic rings. The largest absolute Gasteiger partial charge is 0.382 e. The van der Waals surface area contributed by atoms with Crippen LogP contribution in [0.1, 0.15) is 46.0 Å². The molecule has 3 rings (SSSR count). The van der Waals surface area contributed by atoms with E-state index in [9.17, 15) is 5.11 Å². The van der Waals surface area contributed by atoms with Crippen molar-refractivity contribution in [3.63, 3.8) is 0 Å². The molecule has 0 aromatic carbocycles. The van der Waals surface area contributed by atoms with Crippen molar-refractivity contribution in [1.29, 1.82) is 0 Å². The van der Waals surface area contributed by atoms with Gasteiger partial charge in [0, 0.05) is 5.41 Å². The molecule has 0 radical (unpaired) electrons. The average molecular weight is 267 g/mol. The Morgan fingerprint density at radius 2 is 2.11 bits per heavy atom. The monoisotopic (exact) mass is 267 g/mol. The highest BCUT2D eigenvalue weighted by atomic mass is 32.2. The van der Waals surface area contributed by atoms with Crippen molar-refractivity contribution < 1.29 is 5.11 Å². The van der Waals surface area contributed by atoms with Gasteiger partial charge in [-0.2, -0.15) is 0 Å². The predicted molar refractivity (Wildman–Crippen MR) is 76.6 cm³/mol. The molecule has 1 aliphatic carbocycles. The third kappa shape index (κ3) is 1.80. The van der Waals surface area contributed by atoms with E-state index >= 15 is 0 Å². The molecule has 1 fully saturated rings. The van der Waals surface area contributed by atoms with E-state index in [2.05, 4.69) is 20.9 Å². The van der Waals surface area contributed by atoms with Gasteiger partial charge in [0.05, 0.1) is 11.2 Å². The minimum atomic E-state index is -0.758. The number of hydrogen-bond donors (Lipinski definition) is 2. The predicted octanol–water partition coefficient (Wildman–Crippen LogP) is 3.00. The molecule has 0 amide bonds. The highest BCUT2D eigenvalue weighted by Gasteiger charge is 2.40. The van der Waals surface area contributed by atoms with Crippen LogP contribution in [0.2, 0.25) is 0 Å². The molecule has 0 spiro atoms. The van der Waals surface area contributed by atoms with Crippen molar-refractivity contribution in [2.45, 2.75) is 51.4 Å². The van der Waals surface area contributed by atoms with Gasteiger partial charge in [-0.25, -0.2) is 9.98 Å². The van der Waals surface area contributed by atoms with Crippen molar-refractivity contribution >= 4 is 21.9 Å². The van der Waals surface area contributed by atoms with Crippen molar-refractivity contribution in [3.05, 3.63) is 12.5 Å². The van der Waals surface area contributed by atoms with E-state index in [1.54, 1.807) is 6.20 Å². The van der Waals surface area contributed by atoms with Crippen LogP contribution in [0.25, 0.3) is 0 Å². The lowest BCUT2D eigenvalue weighted by molar-refractivity contribution is 0.0722. The Morgan fingerprint density at radius 3 is 2.83 bits per heavy atom. The molecular formula is C13H21N3OS. The maximum Gasteiger partial charge on any atom is 0.162 e. The number of nitrogens with zero attached hydrogens (tertiary/aromatic N) is 3. The zero-order valence-corrected chi connectivity index (χ0v) is 11.9. The Balaban J connectivity index is 1.89. The summed E-state index contributed by atoms with van der Waals surface area (Å²) in [5.41, 5.74) is -0.251. The Labute approximate surface area is 111 Å². The molecule has 100 valence electrons. The molecule has 1 aromatic heterocycles. The van der Waals surface area contributed by atoms with E-state index in [1.165, 1.54) is 19.3 Å². The summed E-state index contributed by atoms with van der Waals surface area (Å²) in [5, 5.41) is 11.9. The molecule has 2 heterocycles. The third-order valence-electron chi connectivity index (χ3n) is 4.29. The fraction of sp³-hybridized carbons (Fsp3) is 0.692. The van der Waals surface area contributed by atoms with Crippen LogP contribution in [0.4, 0.5) is 5.82 Å². The lowest BCUT2D eigenvalue weighted by atomic mass is 9.76. The first-order valence-corrected chi connectivity index (χ1v) is 8.03. The van der Waals surface area contributed by atoms with E-state index in [-0.39, 0.29) is 10.9 Å². The number of rotatable bonds is 2. The standard InChI is InChI=1S/C13H21N3OS/c1-10-15-11-8-14-9-16(11)18(10)12(17)13(2)6-4-3-5-7-13/h8-9,12,17-18H,3-7H2,1-2H3. The van der Waals surface area contributed by atoms with E-state index in [4.69, 9.17) is 0 Å². The van der Waals surface area contributed by atoms with Gasteiger partial charge in [-0.3, -0.25) is 3.97 Å². The quantitative estimate of drug-likeness (QED) is 0.809. The molecule has 1 saturated carbocycles. The summed E-state index contributed by atoms with van der Waals surface area (Å²) >= 11 is -0.758. The number of aliphatic imine (C=N–C) groups is 1. The molecule has 1 N–H and O–H groups in total. The third-order valence-corrected chi connectivity index (χ3v) is 6.91. The second-order valence-corrected chi connectivity index (χ2v) is 7.94. The minimum absolute atomic E-state index is 0.0482. The SMILES string of the molecule is CC1=Nc2cncn2[SH]1C(O)C1(C)CCCCC1. The topological polar surface area (TPSA) is 50.4 Å². The van der Waals surface area contributed by atoms with Gasteiger partial charge in [-0.1, -0.05) is 26.2 Å². The summed E-state index contributed by atoms with van der Waals surface area (Å²) in [7, 11) is 0. The average Bonchev–Trinajstić information content (AvgIpc) is 2.89. The van der Waals surface area contributed by atoms with E-state index in [0.717, 1.165) is 23.7 Å².